The standard InChI is InChI=1S/C12H12N2OS2/c1-7(13)9-3-5-11(16-9)12-6-4-10(17-12)8(2)14-15/h3-6,13,15H,1-2H3/b13-7?,14-8+. The summed E-state index contributed by atoms with van der Waals surface area (Å²) in [6.45, 7) is 3.56. The molecule has 0 aliphatic rings. The van der Waals surface area contributed by atoms with E-state index >= 15 is 0 Å². The highest BCUT2D eigenvalue weighted by Crippen LogP contribution is 2.33. The lowest BCUT2D eigenvalue weighted by atomic mass is 10.3. The fourth-order valence-corrected chi connectivity index (χ4v) is 3.33. The van der Waals surface area contributed by atoms with Crippen LogP contribution in [0.25, 0.3) is 9.75 Å². The molecular weight excluding hydrogens is 252 g/mol. The van der Waals surface area contributed by atoms with Crippen LogP contribution in [0.15, 0.2) is 29.4 Å². The first kappa shape index (κ1) is 12.0. The Morgan fingerprint density at radius 3 is 2.06 bits per heavy atom. The second-order valence-electron chi connectivity index (χ2n) is 3.64. The number of nitrogens with one attached hydrogen (secondary N) is 1. The molecule has 0 aliphatic carbocycles. The molecule has 5 heteroatoms. The summed E-state index contributed by atoms with van der Waals surface area (Å²) >= 11 is 3.20. The Labute approximate surface area is 108 Å². The van der Waals surface area contributed by atoms with E-state index in [0.29, 0.717) is 11.4 Å². The summed E-state index contributed by atoms with van der Waals surface area (Å²) in [5.41, 5.74) is 1.22. The van der Waals surface area contributed by atoms with Crippen LogP contribution in [0.3, 0.4) is 0 Å². The van der Waals surface area contributed by atoms with Crippen molar-refractivity contribution in [3.8, 4) is 9.75 Å². The Morgan fingerprint density at radius 1 is 1.06 bits per heavy atom. The van der Waals surface area contributed by atoms with E-state index < -0.39 is 0 Å². The van der Waals surface area contributed by atoms with Crippen LogP contribution >= 0.6 is 22.7 Å². The number of hydrogen-bond acceptors (Lipinski definition) is 5. The first-order valence-corrected chi connectivity index (χ1v) is 6.69. The minimum Gasteiger partial charge on any atom is -0.411 e. The Bertz CT molecular complexity index is 581. The molecule has 0 spiro atoms. The molecule has 88 valence electrons. The molecule has 0 bridgehead atoms. The molecule has 17 heavy (non-hydrogen) atoms. The molecule has 0 radical (unpaired) electrons. The SMILES string of the molecule is CC(=N)c1ccc(-c2ccc(/C(C)=N/O)s2)s1. The van der Waals surface area contributed by atoms with E-state index in [1.54, 1.807) is 36.5 Å². The van der Waals surface area contributed by atoms with Crippen molar-refractivity contribution < 1.29 is 5.21 Å². The van der Waals surface area contributed by atoms with Gasteiger partial charge in [-0.15, -0.1) is 22.7 Å². The summed E-state index contributed by atoms with van der Waals surface area (Å²) in [6, 6.07) is 7.96. The maximum atomic E-state index is 8.71. The summed E-state index contributed by atoms with van der Waals surface area (Å²) in [5, 5.41) is 19.5. The number of rotatable bonds is 3. The van der Waals surface area contributed by atoms with E-state index in [4.69, 9.17) is 10.6 Å². The zero-order valence-corrected chi connectivity index (χ0v) is 11.2. The largest absolute Gasteiger partial charge is 0.411 e. The normalized spacial score (nSPS) is 11.8. The highest BCUT2D eigenvalue weighted by atomic mass is 32.1. The summed E-state index contributed by atoms with van der Waals surface area (Å²) in [4.78, 5) is 4.24. The van der Waals surface area contributed by atoms with E-state index in [9.17, 15) is 0 Å². The van der Waals surface area contributed by atoms with Gasteiger partial charge in [0.1, 0.15) is 0 Å². The fraction of sp³-hybridized carbons (Fsp3) is 0.167. The van der Waals surface area contributed by atoms with Crippen LogP contribution in [-0.4, -0.2) is 16.6 Å². The number of oxime groups is 1. The fourth-order valence-electron chi connectivity index (χ4n) is 1.39. The lowest BCUT2D eigenvalue weighted by molar-refractivity contribution is 0.319. The van der Waals surface area contributed by atoms with Gasteiger partial charge in [0.05, 0.1) is 10.6 Å². The van der Waals surface area contributed by atoms with Crippen molar-refractivity contribution in [3.05, 3.63) is 34.0 Å². The molecule has 3 nitrogen and oxygen atoms in total. The minimum atomic E-state index is 0.589. The van der Waals surface area contributed by atoms with Crippen LogP contribution in [0.5, 0.6) is 0 Å². The zero-order chi connectivity index (χ0) is 12.4. The third kappa shape index (κ3) is 2.45. The quantitative estimate of drug-likeness (QED) is 0.490. The van der Waals surface area contributed by atoms with Gasteiger partial charge in [-0.05, 0) is 38.1 Å². The smallest absolute Gasteiger partial charge is 0.0936 e. The van der Waals surface area contributed by atoms with Crippen LogP contribution in [0.2, 0.25) is 0 Å². The first-order valence-electron chi connectivity index (χ1n) is 5.06. The molecular formula is C12H12N2OS2. The highest BCUT2D eigenvalue weighted by molar-refractivity contribution is 7.23. The third-order valence-electron chi connectivity index (χ3n) is 2.33. The number of thiophene rings is 2. The van der Waals surface area contributed by atoms with E-state index in [2.05, 4.69) is 5.16 Å². The summed E-state index contributed by atoms with van der Waals surface area (Å²) in [7, 11) is 0. The lowest BCUT2D eigenvalue weighted by Crippen LogP contribution is -1.87. The van der Waals surface area contributed by atoms with Crippen LogP contribution in [0.1, 0.15) is 23.6 Å². The third-order valence-corrected chi connectivity index (χ3v) is 4.93. The molecule has 0 amide bonds. The Kier molecular flexibility index (Phi) is 3.40. The van der Waals surface area contributed by atoms with Crippen molar-refractivity contribution in [2.75, 3.05) is 0 Å². The van der Waals surface area contributed by atoms with Gasteiger partial charge in [0.2, 0.25) is 0 Å². The van der Waals surface area contributed by atoms with Gasteiger partial charge in [0.25, 0.3) is 0 Å². The Morgan fingerprint density at radius 2 is 1.59 bits per heavy atom. The average molecular weight is 264 g/mol. The predicted molar refractivity (Wildman–Crippen MR) is 74.1 cm³/mol. The van der Waals surface area contributed by atoms with Crippen LogP contribution in [-0.2, 0) is 0 Å². The van der Waals surface area contributed by atoms with Crippen molar-refractivity contribution in [2.24, 2.45) is 5.16 Å². The van der Waals surface area contributed by atoms with Gasteiger partial charge < -0.3 is 10.6 Å². The van der Waals surface area contributed by atoms with Crippen molar-refractivity contribution in [2.45, 2.75) is 13.8 Å². The first-order chi connectivity index (χ1) is 8.11. The summed E-state index contributed by atoms with van der Waals surface area (Å²) in [5.74, 6) is 0. The zero-order valence-electron chi connectivity index (χ0n) is 9.52. The minimum absolute atomic E-state index is 0.589. The monoisotopic (exact) mass is 264 g/mol. The molecule has 0 atom stereocenters. The molecule has 2 aromatic heterocycles. The second kappa shape index (κ2) is 4.81. The average Bonchev–Trinajstić information content (AvgIpc) is 2.95. The van der Waals surface area contributed by atoms with Gasteiger partial charge in [-0.25, -0.2) is 0 Å². The molecule has 0 unspecified atom stereocenters. The number of hydrogen-bond donors (Lipinski definition) is 2. The molecule has 2 aromatic rings. The van der Waals surface area contributed by atoms with Gasteiger partial charge >= 0.3 is 0 Å². The topological polar surface area (TPSA) is 56.4 Å². The summed E-state index contributed by atoms with van der Waals surface area (Å²) in [6.07, 6.45) is 0. The Hall–Kier alpha value is -1.46. The predicted octanol–water partition coefficient (Wildman–Crippen LogP) is 4.06. The maximum absolute atomic E-state index is 8.71. The second-order valence-corrected chi connectivity index (χ2v) is 5.81. The maximum Gasteiger partial charge on any atom is 0.0936 e. The molecule has 0 fully saturated rings. The van der Waals surface area contributed by atoms with E-state index in [1.165, 1.54) is 0 Å². The molecule has 2 heterocycles. The van der Waals surface area contributed by atoms with Crippen molar-refractivity contribution >= 4 is 34.1 Å². The van der Waals surface area contributed by atoms with Crippen LogP contribution < -0.4 is 0 Å². The molecule has 2 N–H and O–H groups in total. The van der Waals surface area contributed by atoms with E-state index in [0.717, 1.165) is 19.5 Å². The van der Waals surface area contributed by atoms with Gasteiger partial charge in [0, 0.05) is 20.3 Å². The molecule has 2 rings (SSSR count). The highest BCUT2D eigenvalue weighted by Gasteiger charge is 2.08. The molecule has 0 aromatic carbocycles. The van der Waals surface area contributed by atoms with Gasteiger partial charge in [0.15, 0.2) is 0 Å². The van der Waals surface area contributed by atoms with Crippen LogP contribution in [0, 0.1) is 5.41 Å². The van der Waals surface area contributed by atoms with Crippen molar-refractivity contribution in [3.63, 3.8) is 0 Å². The molecule has 0 aliphatic heterocycles. The molecule has 0 saturated carbocycles. The van der Waals surface area contributed by atoms with Crippen LogP contribution in [0.4, 0.5) is 0 Å². The summed E-state index contributed by atoms with van der Waals surface area (Å²) < 4.78 is 0. The van der Waals surface area contributed by atoms with Gasteiger partial charge in [-0.1, -0.05) is 5.16 Å². The van der Waals surface area contributed by atoms with E-state index in [1.807, 2.05) is 24.3 Å². The van der Waals surface area contributed by atoms with E-state index in [-0.39, 0.29) is 0 Å². The molecule has 0 saturated heterocycles. The number of nitrogens with zero attached hydrogens (tertiary/aromatic N) is 1. The Balaban J connectivity index is 2.33. The van der Waals surface area contributed by atoms with Crippen molar-refractivity contribution in [1.82, 2.24) is 0 Å². The van der Waals surface area contributed by atoms with Gasteiger partial charge in [-0.2, -0.15) is 0 Å². The van der Waals surface area contributed by atoms with Crippen molar-refractivity contribution in [1.29, 1.82) is 5.41 Å². The lowest BCUT2D eigenvalue weighted by Gasteiger charge is -1.91. The van der Waals surface area contributed by atoms with Gasteiger partial charge in [-0.3, -0.25) is 0 Å².